The van der Waals surface area contributed by atoms with Gasteiger partial charge in [0.15, 0.2) is 5.82 Å². The molecule has 12 heteroatoms. The molecule has 0 unspecified atom stereocenters. The molecular formula is C22H21F5N6O. The highest BCUT2D eigenvalue weighted by molar-refractivity contribution is 5.98. The highest BCUT2D eigenvalue weighted by atomic mass is 19.4. The van der Waals surface area contributed by atoms with Crippen LogP contribution in [0, 0.1) is 17.6 Å². The molecule has 0 saturated carbocycles. The molecule has 7 nitrogen and oxygen atoms in total. The molecule has 0 spiro atoms. The van der Waals surface area contributed by atoms with E-state index in [2.05, 4.69) is 20.5 Å². The molecule has 0 aliphatic carbocycles. The molecule has 0 radical (unpaired) electrons. The normalized spacial score (nSPS) is 18.7. The average molecular weight is 480 g/mol. The van der Waals surface area contributed by atoms with Gasteiger partial charge in [0.05, 0.1) is 24.0 Å². The zero-order valence-electron chi connectivity index (χ0n) is 18.1. The topological polar surface area (TPSA) is 75.9 Å². The minimum Gasteiger partial charge on any atom is -0.368 e. The quantitative estimate of drug-likeness (QED) is 0.551. The van der Waals surface area contributed by atoms with E-state index in [4.69, 9.17) is 0 Å². The Kier molecular flexibility index (Phi) is 6.49. The van der Waals surface area contributed by atoms with Crippen LogP contribution in [0.15, 0.2) is 42.9 Å². The Morgan fingerprint density at radius 2 is 1.82 bits per heavy atom. The standard InChI is InChI=1S/C22H21F5N6O/c1-13-3-2-10-32(17(13)12-29-18-7-4-14(11-28-18)22(25,26)27)21(34)19-15(23)5-6-16(24)20(19)33-30-8-9-31-33/h4-9,11,13,17H,2-3,10,12H2,1H3,(H,28,29)/t13-,17-/m1/s1. The maximum Gasteiger partial charge on any atom is 0.417 e. The zero-order chi connectivity index (χ0) is 24.5. The fraction of sp³-hybridized carbons (Fsp3) is 0.364. The van der Waals surface area contributed by atoms with Crippen LogP contribution >= 0.6 is 0 Å². The molecule has 1 fully saturated rings. The lowest BCUT2D eigenvalue weighted by Gasteiger charge is -2.40. The molecular weight excluding hydrogens is 459 g/mol. The monoisotopic (exact) mass is 480 g/mol. The Hall–Kier alpha value is -3.57. The Morgan fingerprint density at radius 3 is 2.47 bits per heavy atom. The molecule has 180 valence electrons. The van der Waals surface area contributed by atoms with E-state index < -0.39 is 40.9 Å². The number of carbonyl (C=O) groups excluding carboxylic acids is 1. The van der Waals surface area contributed by atoms with Crippen LogP contribution in [0.2, 0.25) is 0 Å². The molecule has 3 aromatic rings. The number of carbonyl (C=O) groups is 1. The third kappa shape index (κ3) is 4.70. The molecule has 1 amide bonds. The average Bonchev–Trinajstić information content (AvgIpc) is 3.33. The molecule has 1 aliphatic heterocycles. The van der Waals surface area contributed by atoms with Crippen LogP contribution in [0.1, 0.15) is 35.7 Å². The van der Waals surface area contributed by atoms with Crippen LogP contribution in [0.5, 0.6) is 0 Å². The third-order valence-electron chi connectivity index (χ3n) is 5.87. The summed E-state index contributed by atoms with van der Waals surface area (Å²) in [7, 11) is 0. The van der Waals surface area contributed by atoms with Crippen LogP contribution in [0.4, 0.5) is 27.8 Å². The summed E-state index contributed by atoms with van der Waals surface area (Å²) < 4.78 is 67.8. The molecule has 3 heterocycles. The number of piperidine rings is 1. The van der Waals surface area contributed by atoms with Gasteiger partial charge in [-0.2, -0.15) is 23.4 Å². The lowest BCUT2D eigenvalue weighted by atomic mass is 9.90. The van der Waals surface area contributed by atoms with Crippen molar-refractivity contribution in [2.45, 2.75) is 32.0 Å². The number of nitrogens with one attached hydrogen (secondary N) is 1. The summed E-state index contributed by atoms with van der Waals surface area (Å²) in [4.78, 5) is 19.6. The summed E-state index contributed by atoms with van der Waals surface area (Å²) in [5, 5.41) is 10.6. The van der Waals surface area contributed by atoms with Crippen molar-refractivity contribution in [1.29, 1.82) is 0 Å². The summed E-state index contributed by atoms with van der Waals surface area (Å²) in [6, 6.07) is 3.46. The molecule has 34 heavy (non-hydrogen) atoms. The summed E-state index contributed by atoms with van der Waals surface area (Å²) in [5.74, 6) is -2.29. The molecule has 0 bridgehead atoms. The molecule has 2 aromatic heterocycles. The fourth-order valence-electron chi connectivity index (χ4n) is 4.10. The van der Waals surface area contributed by atoms with E-state index in [-0.39, 0.29) is 24.0 Å². The van der Waals surface area contributed by atoms with Gasteiger partial charge in [0.1, 0.15) is 22.9 Å². The zero-order valence-corrected chi connectivity index (χ0v) is 18.1. The van der Waals surface area contributed by atoms with Crippen molar-refractivity contribution in [3.05, 3.63) is 65.6 Å². The molecule has 2 atom stereocenters. The molecule has 1 aromatic carbocycles. The van der Waals surface area contributed by atoms with E-state index in [1.165, 1.54) is 23.4 Å². The van der Waals surface area contributed by atoms with Crippen LogP contribution < -0.4 is 5.32 Å². The van der Waals surface area contributed by atoms with Crippen molar-refractivity contribution in [3.63, 3.8) is 0 Å². The lowest BCUT2D eigenvalue weighted by Crippen LogP contribution is -2.51. The van der Waals surface area contributed by atoms with Gasteiger partial charge in [-0.05, 0) is 43.0 Å². The van der Waals surface area contributed by atoms with Crippen molar-refractivity contribution < 1.29 is 26.7 Å². The van der Waals surface area contributed by atoms with Crippen LogP contribution in [-0.4, -0.2) is 49.9 Å². The number of likely N-dealkylation sites (tertiary alicyclic amines) is 1. The third-order valence-corrected chi connectivity index (χ3v) is 5.87. The van der Waals surface area contributed by atoms with Gasteiger partial charge in [0.2, 0.25) is 0 Å². The Balaban J connectivity index is 1.60. The summed E-state index contributed by atoms with van der Waals surface area (Å²) >= 11 is 0. The fourth-order valence-corrected chi connectivity index (χ4v) is 4.10. The predicted molar refractivity (Wildman–Crippen MR) is 112 cm³/mol. The van der Waals surface area contributed by atoms with E-state index in [9.17, 15) is 26.7 Å². The van der Waals surface area contributed by atoms with E-state index in [1.807, 2.05) is 6.92 Å². The number of amides is 1. The number of rotatable bonds is 5. The molecule has 1 aliphatic rings. The van der Waals surface area contributed by atoms with E-state index in [0.717, 1.165) is 35.6 Å². The maximum absolute atomic E-state index is 14.8. The maximum atomic E-state index is 14.8. The first-order valence-electron chi connectivity index (χ1n) is 10.6. The van der Waals surface area contributed by atoms with E-state index in [1.54, 1.807) is 0 Å². The summed E-state index contributed by atoms with van der Waals surface area (Å²) in [5.41, 5.74) is -1.74. The van der Waals surface area contributed by atoms with Crippen molar-refractivity contribution in [2.75, 3.05) is 18.4 Å². The molecule has 1 N–H and O–H groups in total. The van der Waals surface area contributed by atoms with Gasteiger partial charge >= 0.3 is 6.18 Å². The number of nitrogens with zero attached hydrogens (tertiary/aromatic N) is 5. The minimum absolute atomic E-state index is 0.0115. The lowest BCUT2D eigenvalue weighted by molar-refractivity contribution is -0.137. The minimum atomic E-state index is -4.50. The largest absolute Gasteiger partial charge is 0.417 e. The van der Waals surface area contributed by atoms with Gasteiger partial charge in [-0.25, -0.2) is 13.8 Å². The van der Waals surface area contributed by atoms with Gasteiger partial charge in [0.25, 0.3) is 5.91 Å². The van der Waals surface area contributed by atoms with Crippen molar-refractivity contribution in [3.8, 4) is 5.69 Å². The van der Waals surface area contributed by atoms with Gasteiger partial charge in [-0.1, -0.05) is 6.92 Å². The number of benzene rings is 1. The van der Waals surface area contributed by atoms with Crippen LogP contribution in [0.3, 0.4) is 0 Å². The number of pyridine rings is 1. The van der Waals surface area contributed by atoms with E-state index in [0.29, 0.717) is 13.0 Å². The number of hydrogen-bond donors (Lipinski definition) is 1. The number of anilines is 1. The first-order chi connectivity index (χ1) is 16.2. The second-order valence-corrected chi connectivity index (χ2v) is 8.07. The van der Waals surface area contributed by atoms with Crippen molar-refractivity contribution in [1.82, 2.24) is 24.9 Å². The van der Waals surface area contributed by atoms with Gasteiger partial charge in [-0.15, -0.1) is 4.80 Å². The number of halogens is 5. The summed E-state index contributed by atoms with van der Waals surface area (Å²) in [6.45, 7) is 2.39. The number of alkyl halides is 3. The molecule has 4 rings (SSSR count). The smallest absolute Gasteiger partial charge is 0.368 e. The van der Waals surface area contributed by atoms with Gasteiger partial charge < -0.3 is 10.2 Å². The van der Waals surface area contributed by atoms with Gasteiger partial charge in [-0.3, -0.25) is 4.79 Å². The molecule has 1 saturated heterocycles. The second-order valence-electron chi connectivity index (χ2n) is 8.07. The van der Waals surface area contributed by atoms with Crippen LogP contribution in [0.25, 0.3) is 5.69 Å². The SMILES string of the molecule is C[C@@H]1CCCN(C(=O)c2c(F)ccc(F)c2-n2nccn2)[C@@H]1CNc1ccc(C(F)(F)F)cn1. The highest BCUT2D eigenvalue weighted by Gasteiger charge is 2.36. The Bertz CT molecular complexity index is 1150. The van der Waals surface area contributed by atoms with Crippen molar-refractivity contribution >= 4 is 11.7 Å². The second kappa shape index (κ2) is 9.35. The number of aromatic nitrogens is 4. The van der Waals surface area contributed by atoms with Crippen LogP contribution in [-0.2, 0) is 6.18 Å². The Labute approximate surface area is 191 Å². The summed E-state index contributed by atoms with van der Waals surface area (Å²) in [6.07, 6.45) is 0.241. The highest BCUT2D eigenvalue weighted by Crippen LogP contribution is 2.30. The first-order valence-corrected chi connectivity index (χ1v) is 10.6. The van der Waals surface area contributed by atoms with Crippen molar-refractivity contribution in [2.24, 2.45) is 5.92 Å². The Morgan fingerprint density at radius 1 is 1.12 bits per heavy atom. The van der Waals surface area contributed by atoms with Gasteiger partial charge in [0, 0.05) is 19.3 Å². The predicted octanol–water partition coefficient (Wildman–Crippen LogP) is 4.31. The van der Waals surface area contributed by atoms with E-state index >= 15 is 0 Å². The first kappa shape index (κ1) is 23.6. The number of hydrogen-bond acceptors (Lipinski definition) is 5.